The highest BCUT2D eigenvalue weighted by molar-refractivity contribution is 5.70. The first-order valence-corrected chi connectivity index (χ1v) is 4.88. The second-order valence-corrected chi connectivity index (χ2v) is 4.41. The first-order valence-electron chi connectivity index (χ1n) is 4.88. The van der Waals surface area contributed by atoms with Crippen LogP contribution in [0.2, 0.25) is 0 Å². The van der Waals surface area contributed by atoms with E-state index >= 15 is 0 Å². The van der Waals surface area contributed by atoms with E-state index in [1.807, 2.05) is 0 Å². The smallest absolute Gasteiger partial charge is 0.00746 e. The molecule has 1 saturated carbocycles. The summed E-state index contributed by atoms with van der Waals surface area (Å²) in [5.74, 6) is 0. The van der Waals surface area contributed by atoms with Gasteiger partial charge in [0.2, 0.25) is 0 Å². The summed E-state index contributed by atoms with van der Waals surface area (Å²) in [5, 5.41) is 0. The Morgan fingerprint density at radius 3 is 2.23 bits per heavy atom. The van der Waals surface area contributed by atoms with Gasteiger partial charge in [-0.2, -0.15) is 0 Å². The number of hydrogen-bond donors (Lipinski definition) is 0. The zero-order chi connectivity index (χ0) is 9.47. The van der Waals surface area contributed by atoms with Gasteiger partial charge in [0.15, 0.2) is 0 Å². The maximum absolute atomic E-state index is 4.19. The fourth-order valence-corrected chi connectivity index (χ4v) is 1.59. The summed E-state index contributed by atoms with van der Waals surface area (Å²) in [6.45, 7) is 8.61. The molecule has 0 unspecified atom stereocenters. The zero-order valence-corrected chi connectivity index (χ0v) is 8.43. The van der Waals surface area contributed by atoms with Gasteiger partial charge in [-0.15, -0.1) is 0 Å². The lowest BCUT2D eigenvalue weighted by Gasteiger charge is -2.12. The molecule has 0 nitrogen and oxygen atoms in total. The van der Waals surface area contributed by atoms with Crippen LogP contribution in [0, 0.1) is 12.3 Å². The molecule has 1 aromatic rings. The molecule has 1 aliphatic rings. The third-order valence-electron chi connectivity index (χ3n) is 3.13. The largest absolute Gasteiger partial charge is 0.0947 e. The van der Waals surface area contributed by atoms with E-state index in [4.69, 9.17) is 0 Å². The molecule has 68 valence electrons. The Labute approximate surface area is 80.3 Å². The predicted molar refractivity (Wildman–Crippen MR) is 57.6 cm³/mol. The van der Waals surface area contributed by atoms with Crippen molar-refractivity contribution in [3.8, 4) is 0 Å². The lowest BCUT2D eigenvalue weighted by Crippen LogP contribution is -1.96. The Morgan fingerprint density at radius 1 is 1.23 bits per heavy atom. The third-order valence-corrected chi connectivity index (χ3v) is 3.13. The Morgan fingerprint density at radius 2 is 1.77 bits per heavy atom. The molecule has 0 saturated heterocycles. The molecule has 1 fully saturated rings. The minimum absolute atomic E-state index is 0.412. The Bertz CT molecular complexity index is 326. The van der Waals surface area contributed by atoms with Crippen LogP contribution in [0.25, 0.3) is 5.57 Å². The maximum atomic E-state index is 4.19. The van der Waals surface area contributed by atoms with Crippen molar-refractivity contribution in [3.05, 3.63) is 42.0 Å². The molecule has 0 atom stereocenters. The van der Waals surface area contributed by atoms with Gasteiger partial charge in [0.1, 0.15) is 0 Å². The highest BCUT2D eigenvalue weighted by Crippen LogP contribution is 2.54. The quantitative estimate of drug-likeness (QED) is 0.636. The third kappa shape index (κ3) is 1.53. The van der Waals surface area contributed by atoms with Crippen molar-refractivity contribution in [1.29, 1.82) is 0 Å². The number of rotatable bonds is 2. The number of allylic oxidation sites excluding steroid dienone is 1. The van der Waals surface area contributed by atoms with Gasteiger partial charge in [0.25, 0.3) is 0 Å². The predicted octanol–water partition coefficient (Wildman–Crippen LogP) is 3.81. The van der Waals surface area contributed by atoms with Crippen LogP contribution < -0.4 is 0 Å². The highest BCUT2D eigenvalue weighted by Gasteiger charge is 2.40. The monoisotopic (exact) mass is 172 g/mol. The summed E-state index contributed by atoms with van der Waals surface area (Å²) in [7, 11) is 0. The van der Waals surface area contributed by atoms with Crippen LogP contribution in [0.15, 0.2) is 30.8 Å². The van der Waals surface area contributed by atoms with E-state index in [1.165, 1.54) is 29.5 Å². The first-order chi connectivity index (χ1) is 6.12. The van der Waals surface area contributed by atoms with Crippen molar-refractivity contribution in [2.75, 3.05) is 0 Å². The lowest BCUT2D eigenvalue weighted by atomic mass is 9.92. The van der Waals surface area contributed by atoms with Crippen molar-refractivity contribution >= 4 is 5.57 Å². The van der Waals surface area contributed by atoms with E-state index < -0.39 is 0 Å². The molecule has 0 amide bonds. The molecule has 1 aliphatic carbocycles. The molecule has 0 heterocycles. The zero-order valence-electron chi connectivity index (χ0n) is 8.43. The molecule has 0 bridgehead atoms. The van der Waals surface area contributed by atoms with E-state index in [1.54, 1.807) is 0 Å². The topological polar surface area (TPSA) is 0 Å². The van der Waals surface area contributed by atoms with Crippen LogP contribution in [0.1, 0.15) is 30.9 Å². The van der Waals surface area contributed by atoms with Gasteiger partial charge in [0, 0.05) is 0 Å². The summed E-state index contributed by atoms with van der Waals surface area (Å²) in [4.78, 5) is 0. The number of aryl methyl sites for hydroxylation is 1. The van der Waals surface area contributed by atoms with Crippen LogP contribution in [0.3, 0.4) is 0 Å². The molecule has 0 N–H and O–H groups in total. The van der Waals surface area contributed by atoms with Crippen LogP contribution in [-0.4, -0.2) is 0 Å². The van der Waals surface area contributed by atoms with Gasteiger partial charge >= 0.3 is 0 Å². The summed E-state index contributed by atoms with van der Waals surface area (Å²) in [6.07, 6.45) is 2.61. The first kappa shape index (κ1) is 8.55. The SMILES string of the molecule is C=C(c1ccc(C)cc1)C1(C)CC1. The van der Waals surface area contributed by atoms with Gasteiger partial charge in [-0.3, -0.25) is 0 Å². The molecule has 1 aromatic carbocycles. The molecular formula is C13H16. The molecule has 0 heteroatoms. The summed E-state index contributed by atoms with van der Waals surface area (Å²) in [6, 6.07) is 8.68. The molecule has 2 rings (SSSR count). The van der Waals surface area contributed by atoms with E-state index in [9.17, 15) is 0 Å². The standard InChI is InChI=1S/C13H16/c1-10-4-6-12(7-5-10)11(2)13(3)8-9-13/h4-7H,2,8-9H2,1,3H3. The van der Waals surface area contributed by atoms with Gasteiger partial charge < -0.3 is 0 Å². The second-order valence-electron chi connectivity index (χ2n) is 4.41. The minimum atomic E-state index is 0.412. The summed E-state index contributed by atoms with van der Waals surface area (Å²) >= 11 is 0. The van der Waals surface area contributed by atoms with E-state index in [0.717, 1.165) is 0 Å². The average molecular weight is 172 g/mol. The highest BCUT2D eigenvalue weighted by atomic mass is 14.4. The normalized spacial score (nSPS) is 18.3. The number of hydrogen-bond acceptors (Lipinski definition) is 0. The molecular weight excluding hydrogens is 156 g/mol. The lowest BCUT2D eigenvalue weighted by molar-refractivity contribution is 0.775. The van der Waals surface area contributed by atoms with Crippen LogP contribution in [0.5, 0.6) is 0 Å². The van der Waals surface area contributed by atoms with Crippen molar-refractivity contribution < 1.29 is 0 Å². The van der Waals surface area contributed by atoms with E-state index in [0.29, 0.717) is 5.41 Å². The van der Waals surface area contributed by atoms with Crippen LogP contribution in [0.4, 0.5) is 0 Å². The van der Waals surface area contributed by atoms with Crippen molar-refractivity contribution in [2.24, 2.45) is 5.41 Å². The van der Waals surface area contributed by atoms with Crippen molar-refractivity contribution in [1.82, 2.24) is 0 Å². The fourth-order valence-electron chi connectivity index (χ4n) is 1.59. The molecule has 13 heavy (non-hydrogen) atoms. The molecule has 0 radical (unpaired) electrons. The summed E-state index contributed by atoms with van der Waals surface area (Å²) in [5.41, 5.74) is 4.35. The van der Waals surface area contributed by atoms with Crippen molar-refractivity contribution in [3.63, 3.8) is 0 Å². The van der Waals surface area contributed by atoms with Crippen LogP contribution in [-0.2, 0) is 0 Å². The molecule has 0 aliphatic heterocycles. The Kier molecular flexibility index (Phi) is 1.80. The van der Waals surface area contributed by atoms with Gasteiger partial charge in [0.05, 0.1) is 0 Å². The number of benzene rings is 1. The Balaban J connectivity index is 2.26. The van der Waals surface area contributed by atoms with Gasteiger partial charge in [-0.25, -0.2) is 0 Å². The molecule has 0 spiro atoms. The second kappa shape index (κ2) is 2.73. The Hall–Kier alpha value is -1.04. The molecule has 0 aromatic heterocycles. The van der Waals surface area contributed by atoms with Crippen LogP contribution >= 0.6 is 0 Å². The maximum Gasteiger partial charge on any atom is -0.00746 e. The average Bonchev–Trinajstić information content (AvgIpc) is 2.85. The van der Waals surface area contributed by atoms with Crippen molar-refractivity contribution in [2.45, 2.75) is 26.7 Å². The van der Waals surface area contributed by atoms with Gasteiger partial charge in [-0.1, -0.05) is 43.3 Å². The van der Waals surface area contributed by atoms with E-state index in [-0.39, 0.29) is 0 Å². The van der Waals surface area contributed by atoms with E-state index in [2.05, 4.69) is 44.7 Å². The van der Waals surface area contributed by atoms with Gasteiger partial charge in [-0.05, 0) is 36.3 Å². The fraction of sp³-hybridized carbons (Fsp3) is 0.385. The minimum Gasteiger partial charge on any atom is -0.0947 e. The summed E-state index contributed by atoms with van der Waals surface area (Å²) < 4.78 is 0.